The fraction of sp³-hybridized carbons (Fsp3) is 0.316. The van der Waals surface area contributed by atoms with E-state index in [4.69, 9.17) is 9.47 Å². The summed E-state index contributed by atoms with van der Waals surface area (Å²) in [4.78, 5) is 30.8. The van der Waals surface area contributed by atoms with Crippen molar-refractivity contribution in [3.8, 4) is 5.75 Å². The summed E-state index contributed by atoms with van der Waals surface area (Å²) in [6, 6.07) is 7.55. The molecule has 0 unspecified atom stereocenters. The van der Waals surface area contributed by atoms with Gasteiger partial charge >= 0.3 is 5.97 Å². The molecule has 1 amide bonds. The molecule has 0 aliphatic heterocycles. The number of aromatic nitrogens is 2. The van der Waals surface area contributed by atoms with Crippen LogP contribution in [0.2, 0.25) is 0 Å². The molecule has 3 aromatic rings. The Balaban J connectivity index is 1.44. The number of hydrogen-bond donors (Lipinski definition) is 0. The number of esters is 1. The van der Waals surface area contributed by atoms with Gasteiger partial charge in [0.25, 0.3) is 5.91 Å². The van der Waals surface area contributed by atoms with Crippen molar-refractivity contribution in [1.29, 1.82) is 0 Å². The standard InChI is InChI=1S/C19H21N3O4S/c1-3-25-16-6-4-14(5-7-16)11-21(2)17(23)13-26-18(24)10-15-12-22-8-9-27-19(22)20-15/h4-9,12H,3,10-11,13H2,1-2H3. The number of carbonyl (C=O) groups is 2. The molecule has 0 saturated carbocycles. The number of likely N-dealkylation sites (N-methyl/N-ethyl adjacent to an activating group) is 1. The van der Waals surface area contributed by atoms with Gasteiger partial charge in [0.1, 0.15) is 5.75 Å². The van der Waals surface area contributed by atoms with Crippen LogP contribution in [0.3, 0.4) is 0 Å². The Morgan fingerprint density at radius 3 is 2.74 bits per heavy atom. The van der Waals surface area contributed by atoms with Crippen LogP contribution in [0.4, 0.5) is 0 Å². The lowest BCUT2D eigenvalue weighted by molar-refractivity contribution is -0.151. The highest BCUT2D eigenvalue weighted by Crippen LogP contribution is 2.14. The number of fused-ring (bicyclic) bond motifs is 1. The van der Waals surface area contributed by atoms with Crippen LogP contribution in [-0.4, -0.2) is 46.4 Å². The maximum Gasteiger partial charge on any atom is 0.312 e. The van der Waals surface area contributed by atoms with E-state index in [1.807, 2.05) is 47.2 Å². The van der Waals surface area contributed by atoms with E-state index in [0.29, 0.717) is 18.8 Å². The Kier molecular flexibility index (Phi) is 6.08. The number of imidazole rings is 1. The lowest BCUT2D eigenvalue weighted by Crippen LogP contribution is -2.31. The Labute approximate surface area is 161 Å². The molecule has 0 saturated heterocycles. The number of amides is 1. The monoisotopic (exact) mass is 387 g/mol. The quantitative estimate of drug-likeness (QED) is 0.556. The van der Waals surface area contributed by atoms with Crippen molar-refractivity contribution in [2.45, 2.75) is 19.9 Å². The van der Waals surface area contributed by atoms with E-state index in [0.717, 1.165) is 16.3 Å². The summed E-state index contributed by atoms with van der Waals surface area (Å²) in [5, 5.41) is 1.92. The van der Waals surface area contributed by atoms with Crippen molar-refractivity contribution in [3.63, 3.8) is 0 Å². The minimum atomic E-state index is -0.469. The Morgan fingerprint density at radius 2 is 2.04 bits per heavy atom. The van der Waals surface area contributed by atoms with E-state index in [9.17, 15) is 9.59 Å². The van der Waals surface area contributed by atoms with Crippen LogP contribution >= 0.6 is 11.3 Å². The van der Waals surface area contributed by atoms with Gasteiger partial charge in [0.2, 0.25) is 0 Å². The zero-order chi connectivity index (χ0) is 19.2. The van der Waals surface area contributed by atoms with E-state index < -0.39 is 5.97 Å². The van der Waals surface area contributed by atoms with E-state index in [-0.39, 0.29) is 18.9 Å². The molecule has 0 fully saturated rings. The minimum Gasteiger partial charge on any atom is -0.494 e. The molecule has 8 heteroatoms. The predicted octanol–water partition coefficient (Wildman–Crippen LogP) is 2.54. The van der Waals surface area contributed by atoms with Crippen molar-refractivity contribution in [3.05, 3.63) is 53.3 Å². The van der Waals surface area contributed by atoms with Gasteiger partial charge in [0.05, 0.1) is 18.7 Å². The van der Waals surface area contributed by atoms with Crippen LogP contribution < -0.4 is 4.74 Å². The molecule has 0 bridgehead atoms. The van der Waals surface area contributed by atoms with Gasteiger partial charge in [0, 0.05) is 31.4 Å². The van der Waals surface area contributed by atoms with Crippen LogP contribution in [0.5, 0.6) is 5.75 Å². The fourth-order valence-corrected chi connectivity index (χ4v) is 3.25. The Hall–Kier alpha value is -2.87. The second-order valence-corrected chi connectivity index (χ2v) is 6.86. The first-order chi connectivity index (χ1) is 13.0. The first kappa shape index (κ1) is 18.9. The van der Waals surface area contributed by atoms with Crippen LogP contribution in [-0.2, 0) is 27.3 Å². The fourth-order valence-electron chi connectivity index (χ4n) is 2.53. The van der Waals surface area contributed by atoms with Gasteiger partial charge in [-0.3, -0.25) is 14.0 Å². The molecule has 142 valence electrons. The Bertz CT molecular complexity index is 888. The SMILES string of the molecule is CCOc1ccc(CN(C)C(=O)COC(=O)Cc2cn3ccsc3n2)cc1. The zero-order valence-corrected chi connectivity index (χ0v) is 16.1. The maximum atomic E-state index is 12.2. The number of thiazole rings is 1. The van der Waals surface area contributed by atoms with Crippen LogP contribution in [0.15, 0.2) is 42.0 Å². The van der Waals surface area contributed by atoms with Gasteiger partial charge < -0.3 is 14.4 Å². The van der Waals surface area contributed by atoms with Gasteiger partial charge in [-0.1, -0.05) is 12.1 Å². The molecule has 2 aromatic heterocycles. The molecular weight excluding hydrogens is 366 g/mol. The highest BCUT2D eigenvalue weighted by Gasteiger charge is 2.14. The second-order valence-electron chi connectivity index (χ2n) is 5.99. The summed E-state index contributed by atoms with van der Waals surface area (Å²) < 4.78 is 12.3. The molecule has 0 atom stereocenters. The molecule has 0 radical (unpaired) electrons. The lowest BCUT2D eigenvalue weighted by Gasteiger charge is -2.17. The van der Waals surface area contributed by atoms with E-state index in [1.165, 1.54) is 16.2 Å². The van der Waals surface area contributed by atoms with Crippen LogP contribution in [0, 0.1) is 0 Å². The molecule has 0 aliphatic carbocycles. The predicted molar refractivity (Wildman–Crippen MR) is 102 cm³/mol. The molecule has 0 aliphatic rings. The number of rotatable bonds is 8. The van der Waals surface area contributed by atoms with Gasteiger partial charge in [-0.2, -0.15) is 0 Å². The van der Waals surface area contributed by atoms with Gasteiger partial charge in [-0.05, 0) is 24.6 Å². The third-order valence-corrected chi connectivity index (χ3v) is 4.68. The number of ether oxygens (including phenoxy) is 2. The summed E-state index contributed by atoms with van der Waals surface area (Å²) in [6.45, 7) is 2.69. The normalized spacial score (nSPS) is 10.7. The summed E-state index contributed by atoms with van der Waals surface area (Å²) >= 11 is 1.49. The number of nitrogens with zero attached hydrogens (tertiary/aromatic N) is 3. The Morgan fingerprint density at radius 1 is 1.26 bits per heavy atom. The van der Waals surface area contributed by atoms with Crippen molar-refractivity contribution < 1.29 is 19.1 Å². The molecule has 7 nitrogen and oxygen atoms in total. The minimum absolute atomic E-state index is 0.0459. The third kappa shape index (κ3) is 5.07. The van der Waals surface area contributed by atoms with Crippen molar-refractivity contribution in [2.24, 2.45) is 0 Å². The second kappa shape index (κ2) is 8.68. The average molecular weight is 387 g/mol. The largest absolute Gasteiger partial charge is 0.494 e. The van der Waals surface area contributed by atoms with E-state index >= 15 is 0 Å². The summed E-state index contributed by atoms with van der Waals surface area (Å²) in [6.07, 6.45) is 3.71. The lowest BCUT2D eigenvalue weighted by atomic mass is 10.2. The van der Waals surface area contributed by atoms with Crippen LogP contribution in [0.1, 0.15) is 18.2 Å². The van der Waals surface area contributed by atoms with E-state index in [2.05, 4.69) is 4.98 Å². The summed E-state index contributed by atoms with van der Waals surface area (Å²) in [5.41, 5.74) is 1.60. The number of hydrogen-bond acceptors (Lipinski definition) is 6. The highest BCUT2D eigenvalue weighted by atomic mass is 32.1. The topological polar surface area (TPSA) is 73.1 Å². The summed E-state index contributed by atoms with van der Waals surface area (Å²) in [5.74, 6) is 0.0648. The van der Waals surface area contributed by atoms with Crippen molar-refractivity contribution in [2.75, 3.05) is 20.3 Å². The molecule has 2 heterocycles. The highest BCUT2D eigenvalue weighted by molar-refractivity contribution is 7.15. The first-order valence-electron chi connectivity index (χ1n) is 8.57. The molecule has 1 aromatic carbocycles. The van der Waals surface area contributed by atoms with Crippen molar-refractivity contribution in [1.82, 2.24) is 14.3 Å². The van der Waals surface area contributed by atoms with Gasteiger partial charge in [-0.15, -0.1) is 11.3 Å². The molecule has 0 N–H and O–H groups in total. The molecule has 0 spiro atoms. The first-order valence-corrected chi connectivity index (χ1v) is 9.45. The van der Waals surface area contributed by atoms with Gasteiger partial charge in [0.15, 0.2) is 11.6 Å². The molecule has 3 rings (SSSR count). The van der Waals surface area contributed by atoms with Gasteiger partial charge in [-0.25, -0.2) is 4.98 Å². The summed E-state index contributed by atoms with van der Waals surface area (Å²) in [7, 11) is 1.68. The number of benzene rings is 1. The number of carbonyl (C=O) groups excluding carboxylic acids is 2. The maximum absolute atomic E-state index is 12.2. The smallest absolute Gasteiger partial charge is 0.312 e. The molecule has 27 heavy (non-hydrogen) atoms. The zero-order valence-electron chi connectivity index (χ0n) is 15.3. The van der Waals surface area contributed by atoms with E-state index in [1.54, 1.807) is 13.2 Å². The molecular formula is C19H21N3O4S. The van der Waals surface area contributed by atoms with Crippen molar-refractivity contribution >= 4 is 28.2 Å². The average Bonchev–Trinajstić information content (AvgIpc) is 3.23. The third-order valence-electron chi connectivity index (χ3n) is 3.91. The van der Waals surface area contributed by atoms with Crippen LogP contribution in [0.25, 0.3) is 4.96 Å².